The van der Waals surface area contributed by atoms with E-state index in [4.69, 9.17) is 4.52 Å². The molecule has 0 saturated heterocycles. The van der Waals surface area contributed by atoms with Crippen molar-refractivity contribution in [1.29, 1.82) is 0 Å². The van der Waals surface area contributed by atoms with Crippen molar-refractivity contribution in [3.8, 4) is 28.6 Å². The molecule has 4 rings (SSSR count). The van der Waals surface area contributed by atoms with Gasteiger partial charge >= 0.3 is 6.18 Å². The maximum atomic E-state index is 13.2. The summed E-state index contributed by atoms with van der Waals surface area (Å²) in [5.74, 6) is -0.338. The van der Waals surface area contributed by atoms with Crippen LogP contribution in [0, 0.1) is 0 Å². The highest BCUT2D eigenvalue weighted by Gasteiger charge is 2.34. The van der Waals surface area contributed by atoms with E-state index < -0.39 is 11.7 Å². The van der Waals surface area contributed by atoms with E-state index in [-0.39, 0.29) is 28.6 Å². The molecule has 1 aromatic heterocycles. The van der Waals surface area contributed by atoms with Crippen LogP contribution in [0.5, 0.6) is 5.75 Å². The van der Waals surface area contributed by atoms with Crippen LogP contribution < -0.4 is 0 Å². The minimum absolute atomic E-state index is 0.0497. The van der Waals surface area contributed by atoms with Crippen LogP contribution in [0.15, 0.2) is 65.2 Å². The van der Waals surface area contributed by atoms with Gasteiger partial charge in [0.05, 0.1) is 11.1 Å². The number of rotatable bonds is 2. The molecule has 26 heavy (non-hydrogen) atoms. The average molecular weight is 356 g/mol. The fraction of sp³-hybridized carbons (Fsp3) is 0.0526. The topological polar surface area (TPSA) is 59.2 Å². The monoisotopic (exact) mass is 356 g/mol. The van der Waals surface area contributed by atoms with Gasteiger partial charge in [-0.3, -0.25) is 0 Å². The first-order chi connectivity index (χ1) is 12.4. The number of benzene rings is 3. The van der Waals surface area contributed by atoms with Crippen molar-refractivity contribution < 1.29 is 22.8 Å². The Balaban J connectivity index is 1.88. The van der Waals surface area contributed by atoms with Gasteiger partial charge in [0.1, 0.15) is 5.75 Å². The first kappa shape index (κ1) is 16.1. The summed E-state index contributed by atoms with van der Waals surface area (Å²) >= 11 is 0. The molecule has 0 bridgehead atoms. The summed E-state index contributed by atoms with van der Waals surface area (Å²) < 4.78 is 44.8. The fourth-order valence-electron chi connectivity index (χ4n) is 2.84. The minimum atomic E-state index is -4.54. The molecule has 0 spiro atoms. The zero-order chi connectivity index (χ0) is 18.3. The number of fused-ring (bicyclic) bond motifs is 1. The Morgan fingerprint density at radius 3 is 2.42 bits per heavy atom. The van der Waals surface area contributed by atoms with Crippen LogP contribution in [0.2, 0.25) is 0 Å². The SMILES string of the molecule is Oc1ccc2ccccc2c1-c1nc(-c2ccccc2C(F)(F)F)no1. The number of phenolic OH excluding ortho intramolecular Hbond substituents is 1. The Morgan fingerprint density at radius 1 is 0.885 bits per heavy atom. The predicted molar refractivity (Wildman–Crippen MR) is 89.3 cm³/mol. The second kappa shape index (κ2) is 5.87. The molecule has 130 valence electrons. The Bertz CT molecular complexity index is 1100. The van der Waals surface area contributed by atoms with Crippen LogP contribution in [0.1, 0.15) is 5.56 Å². The van der Waals surface area contributed by atoms with E-state index in [9.17, 15) is 18.3 Å². The molecule has 0 atom stereocenters. The van der Waals surface area contributed by atoms with Crippen LogP contribution in [0.4, 0.5) is 13.2 Å². The summed E-state index contributed by atoms with van der Waals surface area (Å²) in [5, 5.41) is 15.4. The van der Waals surface area contributed by atoms with E-state index in [1.165, 1.54) is 24.3 Å². The summed E-state index contributed by atoms with van der Waals surface area (Å²) in [5.41, 5.74) is -0.754. The van der Waals surface area contributed by atoms with Gasteiger partial charge in [-0.1, -0.05) is 53.7 Å². The standard InChI is InChI=1S/C19H11F3N2O2/c20-19(21,22)14-8-4-3-7-13(14)17-23-18(26-24-17)16-12-6-2-1-5-11(12)9-10-15(16)25/h1-10,25H. The molecule has 3 aromatic carbocycles. The van der Waals surface area contributed by atoms with Crippen molar-refractivity contribution in [3.05, 3.63) is 66.2 Å². The molecule has 0 saturated carbocycles. The zero-order valence-electron chi connectivity index (χ0n) is 13.2. The van der Waals surface area contributed by atoms with E-state index >= 15 is 0 Å². The van der Waals surface area contributed by atoms with Gasteiger partial charge in [0.15, 0.2) is 0 Å². The molecule has 0 fully saturated rings. The van der Waals surface area contributed by atoms with Crippen molar-refractivity contribution in [2.24, 2.45) is 0 Å². The summed E-state index contributed by atoms with van der Waals surface area (Å²) in [6.45, 7) is 0. The Morgan fingerprint density at radius 2 is 1.62 bits per heavy atom. The Hall–Kier alpha value is -3.35. The third-order valence-corrected chi connectivity index (χ3v) is 4.02. The van der Waals surface area contributed by atoms with Gasteiger partial charge in [0, 0.05) is 5.56 Å². The van der Waals surface area contributed by atoms with Gasteiger partial charge in [-0.05, 0) is 22.9 Å². The smallest absolute Gasteiger partial charge is 0.417 e. The molecule has 4 nitrogen and oxygen atoms in total. The lowest BCUT2D eigenvalue weighted by Crippen LogP contribution is -2.07. The number of aromatic nitrogens is 2. The normalized spacial score (nSPS) is 11.8. The number of aromatic hydroxyl groups is 1. The van der Waals surface area contributed by atoms with Crippen LogP contribution in [-0.2, 0) is 6.18 Å². The van der Waals surface area contributed by atoms with Crippen molar-refractivity contribution >= 4 is 10.8 Å². The van der Waals surface area contributed by atoms with E-state index in [2.05, 4.69) is 10.1 Å². The predicted octanol–water partition coefficient (Wildman–Crippen LogP) is 5.28. The molecule has 0 aliphatic heterocycles. The maximum Gasteiger partial charge on any atom is 0.417 e. The molecule has 4 aromatic rings. The highest BCUT2D eigenvalue weighted by Crippen LogP contribution is 2.39. The van der Waals surface area contributed by atoms with E-state index in [0.29, 0.717) is 5.39 Å². The number of halogens is 3. The largest absolute Gasteiger partial charge is 0.507 e. The van der Waals surface area contributed by atoms with Crippen LogP contribution >= 0.6 is 0 Å². The van der Waals surface area contributed by atoms with Gasteiger partial charge in [-0.25, -0.2) is 0 Å². The second-order valence-corrected chi connectivity index (χ2v) is 5.65. The molecule has 1 N–H and O–H groups in total. The van der Waals surface area contributed by atoms with Crippen molar-refractivity contribution in [3.63, 3.8) is 0 Å². The van der Waals surface area contributed by atoms with Crippen LogP contribution in [-0.4, -0.2) is 15.2 Å². The molecule has 0 aliphatic rings. The highest BCUT2D eigenvalue weighted by atomic mass is 19.4. The summed E-state index contributed by atoms with van der Waals surface area (Å²) in [6, 6.07) is 15.4. The maximum absolute atomic E-state index is 13.2. The third kappa shape index (κ3) is 2.67. The fourth-order valence-corrected chi connectivity index (χ4v) is 2.84. The van der Waals surface area contributed by atoms with Crippen molar-refractivity contribution in [1.82, 2.24) is 10.1 Å². The van der Waals surface area contributed by atoms with Gasteiger partial charge in [0.2, 0.25) is 5.82 Å². The Kier molecular flexibility index (Phi) is 3.64. The highest BCUT2D eigenvalue weighted by molar-refractivity contribution is 5.97. The molecule has 7 heteroatoms. The van der Waals surface area contributed by atoms with Crippen LogP contribution in [0.3, 0.4) is 0 Å². The first-order valence-corrected chi connectivity index (χ1v) is 7.66. The van der Waals surface area contributed by atoms with E-state index in [1.54, 1.807) is 18.2 Å². The van der Waals surface area contributed by atoms with Crippen LogP contribution in [0.25, 0.3) is 33.6 Å². The minimum Gasteiger partial charge on any atom is -0.507 e. The molecular weight excluding hydrogens is 345 g/mol. The van der Waals surface area contributed by atoms with Gasteiger partial charge in [-0.2, -0.15) is 18.2 Å². The molecule has 0 unspecified atom stereocenters. The molecule has 0 radical (unpaired) electrons. The molecule has 0 aliphatic carbocycles. The van der Waals surface area contributed by atoms with Crippen molar-refractivity contribution in [2.75, 3.05) is 0 Å². The molecular formula is C19H11F3N2O2. The number of hydrogen-bond donors (Lipinski definition) is 1. The lowest BCUT2D eigenvalue weighted by atomic mass is 10.0. The number of alkyl halides is 3. The van der Waals surface area contributed by atoms with Gasteiger partial charge in [-0.15, -0.1) is 0 Å². The third-order valence-electron chi connectivity index (χ3n) is 4.02. The first-order valence-electron chi connectivity index (χ1n) is 7.66. The van der Waals surface area contributed by atoms with E-state index in [1.807, 2.05) is 12.1 Å². The molecule has 0 amide bonds. The zero-order valence-corrected chi connectivity index (χ0v) is 13.2. The summed E-state index contributed by atoms with van der Waals surface area (Å²) in [6.07, 6.45) is -4.54. The summed E-state index contributed by atoms with van der Waals surface area (Å²) in [4.78, 5) is 4.10. The average Bonchev–Trinajstić information content (AvgIpc) is 3.10. The quantitative estimate of drug-likeness (QED) is 0.531. The number of nitrogens with zero attached hydrogens (tertiary/aromatic N) is 2. The van der Waals surface area contributed by atoms with E-state index in [0.717, 1.165) is 11.5 Å². The van der Waals surface area contributed by atoms with Gasteiger partial charge < -0.3 is 9.63 Å². The van der Waals surface area contributed by atoms with Crippen molar-refractivity contribution in [2.45, 2.75) is 6.18 Å². The second-order valence-electron chi connectivity index (χ2n) is 5.65. The lowest BCUT2D eigenvalue weighted by Gasteiger charge is -2.09. The molecule has 1 heterocycles. The summed E-state index contributed by atoms with van der Waals surface area (Å²) in [7, 11) is 0. The number of phenols is 1. The van der Waals surface area contributed by atoms with Gasteiger partial charge in [0.25, 0.3) is 5.89 Å². The lowest BCUT2D eigenvalue weighted by molar-refractivity contribution is -0.137. The number of hydrogen-bond acceptors (Lipinski definition) is 4. The Labute approximate surface area is 145 Å².